The van der Waals surface area contributed by atoms with E-state index in [1.165, 1.54) is 50.5 Å². The molecule has 16 heavy (non-hydrogen) atoms. The molecular formula is C15H28O. The van der Waals surface area contributed by atoms with E-state index in [2.05, 4.69) is 26.8 Å². The van der Waals surface area contributed by atoms with Gasteiger partial charge in [-0.3, -0.25) is 0 Å². The molecule has 94 valence electrons. The molecule has 1 rings (SSSR count). The average molecular weight is 224 g/mol. The lowest BCUT2D eigenvalue weighted by atomic mass is 9.75. The summed E-state index contributed by atoms with van der Waals surface area (Å²) in [5, 5.41) is 9.78. The predicted octanol–water partition coefficient (Wildman–Crippen LogP) is 4.45. The number of aliphatic hydroxyl groups is 1. The highest BCUT2D eigenvalue weighted by Crippen LogP contribution is 2.37. The normalized spacial score (nSPS) is 24.2. The molecule has 0 aliphatic heterocycles. The quantitative estimate of drug-likeness (QED) is 0.522. The zero-order chi connectivity index (χ0) is 12.0. The van der Waals surface area contributed by atoms with E-state index in [-0.39, 0.29) is 6.10 Å². The zero-order valence-electron chi connectivity index (χ0n) is 11.3. The highest BCUT2D eigenvalue weighted by molar-refractivity contribution is 5.12. The molecular weight excluding hydrogens is 196 g/mol. The Balaban J connectivity index is 2.26. The van der Waals surface area contributed by atoms with Crippen LogP contribution in [0.3, 0.4) is 0 Å². The molecule has 0 radical (unpaired) electrons. The van der Waals surface area contributed by atoms with E-state index >= 15 is 0 Å². The van der Waals surface area contributed by atoms with Crippen LogP contribution in [0.25, 0.3) is 0 Å². The van der Waals surface area contributed by atoms with Crippen LogP contribution < -0.4 is 0 Å². The topological polar surface area (TPSA) is 20.2 Å². The van der Waals surface area contributed by atoms with Crippen LogP contribution in [0.2, 0.25) is 0 Å². The van der Waals surface area contributed by atoms with Gasteiger partial charge in [-0.1, -0.05) is 58.1 Å². The first kappa shape index (κ1) is 13.8. The summed E-state index contributed by atoms with van der Waals surface area (Å²) in [6.45, 7) is 6.78. The third-order valence-electron chi connectivity index (χ3n) is 3.50. The van der Waals surface area contributed by atoms with Gasteiger partial charge in [-0.15, -0.1) is 0 Å². The maximum absolute atomic E-state index is 9.78. The van der Waals surface area contributed by atoms with Gasteiger partial charge in [-0.05, 0) is 31.1 Å². The SMILES string of the molecule is CCCCCCCC1=CC(O)CC(C)(C)C1. The molecule has 1 aliphatic rings. The second kappa shape index (κ2) is 6.44. The molecule has 0 saturated heterocycles. The third-order valence-corrected chi connectivity index (χ3v) is 3.50. The lowest BCUT2D eigenvalue weighted by Crippen LogP contribution is -2.24. The molecule has 0 saturated carbocycles. The Labute approximate surface area is 101 Å². The number of hydrogen-bond acceptors (Lipinski definition) is 1. The third kappa shape index (κ3) is 5.16. The summed E-state index contributed by atoms with van der Waals surface area (Å²) in [4.78, 5) is 0. The number of aliphatic hydroxyl groups excluding tert-OH is 1. The minimum Gasteiger partial charge on any atom is -0.389 e. The van der Waals surface area contributed by atoms with Crippen molar-refractivity contribution in [2.45, 2.75) is 78.2 Å². The van der Waals surface area contributed by atoms with Crippen LogP contribution in [0.5, 0.6) is 0 Å². The molecule has 0 fully saturated rings. The molecule has 0 aromatic rings. The summed E-state index contributed by atoms with van der Waals surface area (Å²) in [6, 6.07) is 0. The Morgan fingerprint density at radius 3 is 2.56 bits per heavy atom. The van der Waals surface area contributed by atoms with E-state index in [1.54, 1.807) is 0 Å². The second-order valence-electron chi connectivity index (χ2n) is 6.10. The fourth-order valence-corrected chi connectivity index (χ4v) is 2.77. The lowest BCUT2D eigenvalue weighted by molar-refractivity contribution is 0.137. The molecule has 1 nitrogen and oxygen atoms in total. The van der Waals surface area contributed by atoms with Crippen molar-refractivity contribution in [3.8, 4) is 0 Å². The number of hydrogen-bond donors (Lipinski definition) is 1. The van der Waals surface area contributed by atoms with E-state index in [9.17, 15) is 5.11 Å². The van der Waals surface area contributed by atoms with Crippen LogP contribution in [-0.2, 0) is 0 Å². The van der Waals surface area contributed by atoms with E-state index in [1.807, 2.05) is 0 Å². The minimum absolute atomic E-state index is 0.200. The summed E-state index contributed by atoms with van der Waals surface area (Å²) < 4.78 is 0. The van der Waals surface area contributed by atoms with Crippen molar-refractivity contribution < 1.29 is 5.11 Å². The Morgan fingerprint density at radius 2 is 1.94 bits per heavy atom. The number of unbranched alkanes of at least 4 members (excludes halogenated alkanes) is 4. The highest BCUT2D eigenvalue weighted by atomic mass is 16.3. The molecule has 1 N–H and O–H groups in total. The summed E-state index contributed by atoms with van der Waals surface area (Å²) in [5.74, 6) is 0. The van der Waals surface area contributed by atoms with Crippen molar-refractivity contribution in [3.05, 3.63) is 11.6 Å². The largest absolute Gasteiger partial charge is 0.389 e. The van der Waals surface area contributed by atoms with Gasteiger partial charge in [0.25, 0.3) is 0 Å². The summed E-state index contributed by atoms with van der Waals surface area (Å²) in [5.41, 5.74) is 1.78. The van der Waals surface area contributed by atoms with Crippen molar-refractivity contribution in [3.63, 3.8) is 0 Å². The van der Waals surface area contributed by atoms with Gasteiger partial charge in [0.15, 0.2) is 0 Å². The van der Waals surface area contributed by atoms with Crippen LogP contribution in [0.15, 0.2) is 11.6 Å². The summed E-state index contributed by atoms with van der Waals surface area (Å²) >= 11 is 0. The standard InChI is InChI=1S/C15H28O/c1-4-5-6-7-8-9-13-10-14(16)12-15(2,3)11-13/h10,14,16H,4-9,11-12H2,1-3H3. The maximum Gasteiger partial charge on any atom is 0.0728 e. The van der Waals surface area contributed by atoms with E-state index in [0.29, 0.717) is 5.41 Å². The molecule has 0 spiro atoms. The smallest absolute Gasteiger partial charge is 0.0728 e. The second-order valence-corrected chi connectivity index (χ2v) is 6.10. The molecule has 0 bridgehead atoms. The van der Waals surface area contributed by atoms with Crippen LogP contribution in [-0.4, -0.2) is 11.2 Å². The van der Waals surface area contributed by atoms with Gasteiger partial charge in [0.1, 0.15) is 0 Å². The molecule has 1 heteroatoms. The highest BCUT2D eigenvalue weighted by Gasteiger charge is 2.26. The van der Waals surface area contributed by atoms with Gasteiger partial charge in [-0.25, -0.2) is 0 Å². The van der Waals surface area contributed by atoms with E-state index < -0.39 is 0 Å². The number of allylic oxidation sites excluding steroid dienone is 1. The molecule has 0 amide bonds. The lowest BCUT2D eigenvalue weighted by Gasteiger charge is -2.32. The molecule has 0 aromatic carbocycles. The Bertz CT molecular complexity index is 228. The summed E-state index contributed by atoms with van der Waals surface area (Å²) in [6.07, 6.45) is 11.9. The molecule has 1 unspecified atom stereocenters. The fourth-order valence-electron chi connectivity index (χ4n) is 2.77. The van der Waals surface area contributed by atoms with Gasteiger partial charge in [0.2, 0.25) is 0 Å². The van der Waals surface area contributed by atoms with Crippen LogP contribution >= 0.6 is 0 Å². The van der Waals surface area contributed by atoms with Crippen molar-refractivity contribution >= 4 is 0 Å². The monoisotopic (exact) mass is 224 g/mol. The Hall–Kier alpha value is -0.300. The first-order valence-corrected chi connectivity index (χ1v) is 6.91. The Morgan fingerprint density at radius 1 is 1.25 bits per heavy atom. The van der Waals surface area contributed by atoms with Gasteiger partial charge < -0.3 is 5.11 Å². The van der Waals surface area contributed by atoms with Crippen LogP contribution in [0, 0.1) is 5.41 Å². The molecule has 0 aromatic heterocycles. The van der Waals surface area contributed by atoms with E-state index in [0.717, 1.165) is 6.42 Å². The van der Waals surface area contributed by atoms with Crippen LogP contribution in [0.1, 0.15) is 72.1 Å². The van der Waals surface area contributed by atoms with Crippen molar-refractivity contribution in [2.75, 3.05) is 0 Å². The van der Waals surface area contributed by atoms with Gasteiger partial charge in [-0.2, -0.15) is 0 Å². The fraction of sp³-hybridized carbons (Fsp3) is 0.867. The van der Waals surface area contributed by atoms with E-state index in [4.69, 9.17) is 0 Å². The molecule has 1 aliphatic carbocycles. The minimum atomic E-state index is -0.200. The van der Waals surface area contributed by atoms with Gasteiger partial charge >= 0.3 is 0 Å². The van der Waals surface area contributed by atoms with Crippen LogP contribution in [0.4, 0.5) is 0 Å². The maximum atomic E-state index is 9.78. The average Bonchev–Trinajstić information content (AvgIpc) is 2.14. The summed E-state index contributed by atoms with van der Waals surface area (Å²) in [7, 11) is 0. The van der Waals surface area contributed by atoms with Gasteiger partial charge in [0, 0.05) is 0 Å². The first-order valence-electron chi connectivity index (χ1n) is 6.91. The van der Waals surface area contributed by atoms with Crippen molar-refractivity contribution in [2.24, 2.45) is 5.41 Å². The first-order chi connectivity index (χ1) is 7.53. The molecule has 1 atom stereocenters. The van der Waals surface area contributed by atoms with Gasteiger partial charge in [0.05, 0.1) is 6.10 Å². The van der Waals surface area contributed by atoms with Crippen molar-refractivity contribution in [1.29, 1.82) is 0 Å². The van der Waals surface area contributed by atoms with Crippen molar-refractivity contribution in [1.82, 2.24) is 0 Å². The molecule has 0 heterocycles. The zero-order valence-corrected chi connectivity index (χ0v) is 11.3. The predicted molar refractivity (Wildman–Crippen MR) is 70.5 cm³/mol. The number of rotatable bonds is 6. The Kier molecular flexibility index (Phi) is 5.54.